The molecule has 1 aromatic rings. The van der Waals surface area contributed by atoms with Crippen LogP contribution in [0, 0.1) is 20.8 Å². The number of likely N-dealkylation sites (N-methyl/N-ethyl adjacent to an activating group) is 1. The van der Waals surface area contributed by atoms with Gasteiger partial charge >= 0.3 is 0 Å². The van der Waals surface area contributed by atoms with Crippen molar-refractivity contribution in [3.05, 3.63) is 34.4 Å². The molecule has 0 aromatic heterocycles. The number of hydrogen-bond acceptors (Lipinski definition) is 2. The lowest BCUT2D eigenvalue weighted by molar-refractivity contribution is 0.295. The van der Waals surface area contributed by atoms with E-state index in [0.29, 0.717) is 0 Å². The van der Waals surface area contributed by atoms with Crippen LogP contribution in [0.25, 0.3) is 0 Å². The highest BCUT2D eigenvalue weighted by Crippen LogP contribution is 2.33. The molecule has 1 aliphatic carbocycles. The summed E-state index contributed by atoms with van der Waals surface area (Å²) in [7, 11) is 2.17. The van der Waals surface area contributed by atoms with Crippen molar-refractivity contribution in [1.29, 1.82) is 0 Å². The Morgan fingerprint density at radius 2 is 1.71 bits per heavy atom. The molecule has 0 amide bonds. The molecular weight excluding hydrogens is 208 g/mol. The van der Waals surface area contributed by atoms with E-state index in [0.717, 1.165) is 13.1 Å². The van der Waals surface area contributed by atoms with E-state index in [1.807, 2.05) is 0 Å². The van der Waals surface area contributed by atoms with E-state index in [2.05, 4.69) is 44.9 Å². The topological polar surface area (TPSA) is 29.3 Å². The van der Waals surface area contributed by atoms with E-state index in [-0.39, 0.29) is 5.54 Å². The molecule has 17 heavy (non-hydrogen) atoms. The van der Waals surface area contributed by atoms with Gasteiger partial charge in [-0.25, -0.2) is 0 Å². The Hall–Kier alpha value is -0.860. The molecule has 1 aromatic carbocycles. The molecule has 2 N–H and O–H groups in total. The van der Waals surface area contributed by atoms with Crippen molar-refractivity contribution < 1.29 is 0 Å². The standard InChI is InChI=1S/C15H24N2/c1-11-7-13(3)14(8-12(11)2)9-17(4)10-15(16)5-6-15/h7-8H,5-6,9-10,16H2,1-4H3. The summed E-state index contributed by atoms with van der Waals surface area (Å²) in [6, 6.07) is 4.60. The largest absolute Gasteiger partial charge is 0.324 e. The highest BCUT2D eigenvalue weighted by Gasteiger charge is 2.38. The molecule has 1 aliphatic rings. The predicted octanol–water partition coefficient (Wildman–Crippen LogP) is 2.53. The van der Waals surface area contributed by atoms with E-state index < -0.39 is 0 Å². The fourth-order valence-electron chi connectivity index (χ4n) is 2.39. The van der Waals surface area contributed by atoms with Gasteiger partial charge in [-0.1, -0.05) is 12.1 Å². The van der Waals surface area contributed by atoms with Crippen LogP contribution in [-0.4, -0.2) is 24.0 Å². The minimum Gasteiger partial charge on any atom is -0.324 e. The molecule has 1 fully saturated rings. The third-order valence-electron chi connectivity index (χ3n) is 3.87. The van der Waals surface area contributed by atoms with Crippen molar-refractivity contribution in [1.82, 2.24) is 4.90 Å². The molecule has 0 spiro atoms. The van der Waals surface area contributed by atoms with E-state index in [1.165, 1.54) is 35.1 Å². The van der Waals surface area contributed by atoms with Crippen LogP contribution in [0.5, 0.6) is 0 Å². The number of aryl methyl sites for hydroxylation is 3. The third kappa shape index (κ3) is 3.08. The normalized spacial score (nSPS) is 17.5. The molecule has 2 heteroatoms. The van der Waals surface area contributed by atoms with Crippen molar-refractivity contribution in [2.24, 2.45) is 5.73 Å². The van der Waals surface area contributed by atoms with Gasteiger partial charge in [-0.05, 0) is 62.9 Å². The molecule has 1 saturated carbocycles. The second-order valence-corrected chi connectivity index (χ2v) is 5.90. The van der Waals surface area contributed by atoms with Gasteiger partial charge in [0.25, 0.3) is 0 Å². The average molecular weight is 232 g/mol. The summed E-state index contributed by atoms with van der Waals surface area (Å²) in [5, 5.41) is 0. The lowest BCUT2D eigenvalue weighted by atomic mass is 10.0. The van der Waals surface area contributed by atoms with Crippen molar-refractivity contribution in [3.8, 4) is 0 Å². The van der Waals surface area contributed by atoms with Gasteiger partial charge in [-0.15, -0.1) is 0 Å². The summed E-state index contributed by atoms with van der Waals surface area (Å²) in [6.07, 6.45) is 2.37. The van der Waals surface area contributed by atoms with Crippen LogP contribution in [0.3, 0.4) is 0 Å². The predicted molar refractivity (Wildman–Crippen MR) is 73.1 cm³/mol. The summed E-state index contributed by atoms with van der Waals surface area (Å²) < 4.78 is 0. The van der Waals surface area contributed by atoms with Crippen LogP contribution in [-0.2, 0) is 6.54 Å². The number of nitrogens with two attached hydrogens (primary N) is 1. The maximum absolute atomic E-state index is 6.15. The molecular formula is C15H24N2. The maximum Gasteiger partial charge on any atom is 0.0284 e. The third-order valence-corrected chi connectivity index (χ3v) is 3.87. The Balaban J connectivity index is 2.05. The molecule has 2 nitrogen and oxygen atoms in total. The van der Waals surface area contributed by atoms with Crippen LogP contribution >= 0.6 is 0 Å². The zero-order chi connectivity index (χ0) is 12.6. The van der Waals surface area contributed by atoms with Crippen LogP contribution in [0.1, 0.15) is 35.1 Å². The molecule has 0 radical (unpaired) electrons. The Morgan fingerprint density at radius 1 is 1.12 bits per heavy atom. The number of rotatable bonds is 4. The summed E-state index contributed by atoms with van der Waals surface area (Å²) in [5.74, 6) is 0. The second-order valence-electron chi connectivity index (χ2n) is 5.90. The Morgan fingerprint density at radius 3 is 2.29 bits per heavy atom. The first-order valence-electron chi connectivity index (χ1n) is 6.44. The lowest BCUT2D eigenvalue weighted by Gasteiger charge is -2.22. The first kappa shape index (κ1) is 12.6. The average Bonchev–Trinajstić information content (AvgIpc) is 2.92. The van der Waals surface area contributed by atoms with Gasteiger partial charge in [-0.2, -0.15) is 0 Å². The zero-order valence-electron chi connectivity index (χ0n) is 11.5. The minimum atomic E-state index is 0.113. The number of nitrogens with zero attached hydrogens (tertiary/aromatic N) is 1. The van der Waals surface area contributed by atoms with E-state index in [9.17, 15) is 0 Å². The smallest absolute Gasteiger partial charge is 0.0284 e. The van der Waals surface area contributed by atoms with Crippen LogP contribution < -0.4 is 5.73 Å². The van der Waals surface area contributed by atoms with Crippen molar-refractivity contribution >= 4 is 0 Å². The fraction of sp³-hybridized carbons (Fsp3) is 0.600. The molecule has 2 rings (SSSR count). The summed E-state index contributed by atoms with van der Waals surface area (Å²) >= 11 is 0. The van der Waals surface area contributed by atoms with Gasteiger partial charge in [0.15, 0.2) is 0 Å². The maximum atomic E-state index is 6.15. The molecule has 0 bridgehead atoms. The summed E-state index contributed by atoms with van der Waals surface area (Å²) in [5.41, 5.74) is 11.8. The van der Waals surface area contributed by atoms with Crippen LogP contribution in [0.2, 0.25) is 0 Å². The van der Waals surface area contributed by atoms with Crippen molar-refractivity contribution in [3.63, 3.8) is 0 Å². The Labute approximate surface area is 105 Å². The molecule has 94 valence electrons. The van der Waals surface area contributed by atoms with Gasteiger partial charge in [-0.3, -0.25) is 0 Å². The minimum absolute atomic E-state index is 0.113. The quantitative estimate of drug-likeness (QED) is 0.864. The monoisotopic (exact) mass is 232 g/mol. The van der Waals surface area contributed by atoms with Crippen LogP contribution in [0.15, 0.2) is 12.1 Å². The zero-order valence-corrected chi connectivity index (χ0v) is 11.5. The van der Waals surface area contributed by atoms with Crippen molar-refractivity contribution in [2.75, 3.05) is 13.6 Å². The molecule has 0 saturated heterocycles. The van der Waals surface area contributed by atoms with Gasteiger partial charge in [0.2, 0.25) is 0 Å². The highest BCUT2D eigenvalue weighted by atomic mass is 15.1. The van der Waals surface area contributed by atoms with E-state index >= 15 is 0 Å². The lowest BCUT2D eigenvalue weighted by Crippen LogP contribution is -2.36. The Kier molecular flexibility index (Phi) is 3.28. The fourth-order valence-corrected chi connectivity index (χ4v) is 2.39. The first-order valence-corrected chi connectivity index (χ1v) is 6.44. The van der Waals surface area contributed by atoms with Crippen molar-refractivity contribution in [2.45, 2.75) is 45.7 Å². The van der Waals surface area contributed by atoms with E-state index in [1.54, 1.807) is 0 Å². The van der Waals surface area contributed by atoms with Crippen LogP contribution in [0.4, 0.5) is 0 Å². The van der Waals surface area contributed by atoms with E-state index in [4.69, 9.17) is 5.73 Å². The number of benzene rings is 1. The highest BCUT2D eigenvalue weighted by molar-refractivity contribution is 5.36. The molecule has 0 aliphatic heterocycles. The second kappa shape index (κ2) is 4.43. The summed E-state index contributed by atoms with van der Waals surface area (Å²) in [4.78, 5) is 2.35. The van der Waals surface area contributed by atoms with Gasteiger partial charge in [0.1, 0.15) is 0 Å². The number of hydrogen-bond donors (Lipinski definition) is 1. The summed E-state index contributed by atoms with van der Waals surface area (Å²) in [6.45, 7) is 8.58. The first-order chi connectivity index (χ1) is 7.89. The molecule has 0 unspecified atom stereocenters. The SMILES string of the molecule is Cc1cc(C)c(CN(C)CC2(N)CC2)cc1C. The molecule has 0 atom stereocenters. The van der Waals surface area contributed by atoms with Gasteiger partial charge in [0, 0.05) is 18.6 Å². The molecule has 0 heterocycles. The van der Waals surface area contributed by atoms with Gasteiger partial charge < -0.3 is 10.6 Å². The van der Waals surface area contributed by atoms with Gasteiger partial charge in [0.05, 0.1) is 0 Å². The Bertz CT molecular complexity index is 419.